The lowest BCUT2D eigenvalue weighted by molar-refractivity contribution is -0.111. The molecule has 1 amide bonds. The Morgan fingerprint density at radius 1 is 1.19 bits per heavy atom. The van der Waals surface area contributed by atoms with Crippen LogP contribution >= 0.6 is 0 Å². The molecule has 1 aromatic heterocycles. The van der Waals surface area contributed by atoms with Crippen LogP contribution in [0.2, 0.25) is 0 Å². The maximum absolute atomic E-state index is 14.3. The minimum atomic E-state index is -0.795. The number of carbonyl (C=O) groups excluding carboxylic acids is 1. The Morgan fingerprint density at radius 3 is 2.53 bits per heavy atom. The van der Waals surface area contributed by atoms with Gasteiger partial charge in [0.1, 0.15) is 23.0 Å². The van der Waals surface area contributed by atoms with Crippen molar-refractivity contribution in [3.8, 4) is 17.0 Å². The first-order valence-electron chi connectivity index (χ1n) is 9.42. The van der Waals surface area contributed by atoms with E-state index in [1.165, 1.54) is 20.2 Å². The van der Waals surface area contributed by atoms with Crippen LogP contribution in [0.1, 0.15) is 0 Å². The lowest BCUT2D eigenvalue weighted by atomic mass is 10.1. The van der Waals surface area contributed by atoms with Crippen LogP contribution in [0.4, 0.5) is 31.5 Å². The van der Waals surface area contributed by atoms with Gasteiger partial charge >= 0.3 is 0 Å². The number of anilines is 4. The molecule has 8 nitrogen and oxygen atoms in total. The summed E-state index contributed by atoms with van der Waals surface area (Å²) in [5.74, 6) is -1.78. The molecule has 0 aliphatic heterocycles. The van der Waals surface area contributed by atoms with Crippen molar-refractivity contribution < 1.29 is 18.3 Å². The van der Waals surface area contributed by atoms with E-state index in [4.69, 9.17) is 4.74 Å². The van der Waals surface area contributed by atoms with Gasteiger partial charge in [0.05, 0.1) is 12.8 Å². The SMILES string of the molecule is C=CC(=O)Nc1ccc(Nc2ccc(F)cc2F)c(-c2nn(C)c(=O)c(NC)c2OC)c1. The topological polar surface area (TPSA) is 97.3 Å². The van der Waals surface area contributed by atoms with Gasteiger partial charge in [-0.15, -0.1) is 0 Å². The van der Waals surface area contributed by atoms with Crippen LogP contribution in [0.3, 0.4) is 0 Å². The van der Waals surface area contributed by atoms with Crippen molar-refractivity contribution in [1.82, 2.24) is 9.78 Å². The number of hydrogen-bond acceptors (Lipinski definition) is 6. The number of aromatic nitrogens is 2. The fourth-order valence-electron chi connectivity index (χ4n) is 3.07. The Morgan fingerprint density at radius 2 is 1.91 bits per heavy atom. The van der Waals surface area contributed by atoms with Gasteiger partial charge in [-0.1, -0.05) is 6.58 Å². The highest BCUT2D eigenvalue weighted by molar-refractivity contribution is 6.00. The van der Waals surface area contributed by atoms with Crippen LogP contribution in [0.25, 0.3) is 11.3 Å². The third-order valence-corrected chi connectivity index (χ3v) is 4.58. The first kappa shape index (κ1) is 22.5. The summed E-state index contributed by atoms with van der Waals surface area (Å²) in [4.78, 5) is 24.2. The summed E-state index contributed by atoms with van der Waals surface area (Å²) in [7, 11) is 4.43. The minimum Gasteiger partial charge on any atom is -0.492 e. The molecular weight excluding hydrogens is 420 g/mol. The Balaban J connectivity index is 2.25. The van der Waals surface area contributed by atoms with E-state index in [1.807, 2.05) is 0 Å². The molecule has 0 bridgehead atoms. The summed E-state index contributed by atoms with van der Waals surface area (Å²) in [5, 5.41) is 12.7. The quantitative estimate of drug-likeness (QED) is 0.485. The summed E-state index contributed by atoms with van der Waals surface area (Å²) in [6.07, 6.45) is 1.11. The monoisotopic (exact) mass is 441 g/mol. The molecule has 0 spiro atoms. The second-order valence-corrected chi connectivity index (χ2v) is 6.64. The number of aryl methyl sites for hydroxylation is 1. The number of hydrogen-bond donors (Lipinski definition) is 3. The fraction of sp³-hybridized carbons (Fsp3) is 0.136. The van der Waals surface area contributed by atoms with E-state index in [9.17, 15) is 18.4 Å². The maximum Gasteiger partial charge on any atom is 0.293 e. The van der Waals surface area contributed by atoms with Crippen molar-refractivity contribution in [2.75, 3.05) is 30.1 Å². The molecule has 2 aromatic carbocycles. The number of ether oxygens (including phenoxy) is 1. The number of amides is 1. The lowest BCUT2D eigenvalue weighted by Crippen LogP contribution is -2.24. The average Bonchev–Trinajstić information content (AvgIpc) is 2.77. The Bertz CT molecular complexity index is 1260. The Kier molecular flexibility index (Phi) is 6.53. The Labute approximate surface area is 182 Å². The van der Waals surface area contributed by atoms with Crippen molar-refractivity contribution in [3.05, 3.63) is 71.0 Å². The van der Waals surface area contributed by atoms with Crippen LogP contribution in [0.5, 0.6) is 5.75 Å². The van der Waals surface area contributed by atoms with E-state index in [1.54, 1.807) is 25.2 Å². The zero-order valence-corrected chi connectivity index (χ0v) is 17.6. The van der Waals surface area contributed by atoms with Gasteiger partial charge in [0.15, 0.2) is 5.75 Å². The van der Waals surface area contributed by atoms with Crippen molar-refractivity contribution in [2.45, 2.75) is 0 Å². The van der Waals surface area contributed by atoms with Crippen LogP contribution in [-0.4, -0.2) is 29.8 Å². The first-order chi connectivity index (χ1) is 15.3. The highest BCUT2D eigenvalue weighted by atomic mass is 19.1. The number of benzene rings is 2. The third-order valence-electron chi connectivity index (χ3n) is 4.58. The molecule has 10 heteroatoms. The van der Waals surface area contributed by atoms with Gasteiger partial charge in [-0.05, 0) is 36.4 Å². The molecule has 0 saturated heterocycles. The lowest BCUT2D eigenvalue weighted by Gasteiger charge is -2.18. The van der Waals surface area contributed by atoms with E-state index < -0.39 is 23.1 Å². The molecule has 0 saturated carbocycles. The molecule has 0 aliphatic carbocycles. The standard InChI is InChI=1S/C22H21F2N5O3/c1-5-18(30)26-13-7-9-16(27-17-8-6-12(23)10-15(17)24)14(11-13)19-21(32-4)20(25-2)22(31)29(3)28-19/h5-11,25,27H,1H2,2-4H3,(H,26,30). The average molecular weight is 441 g/mol. The first-order valence-corrected chi connectivity index (χ1v) is 9.42. The second kappa shape index (κ2) is 9.29. The van der Waals surface area contributed by atoms with Crippen LogP contribution in [-0.2, 0) is 11.8 Å². The molecule has 0 fully saturated rings. The molecule has 0 aliphatic rings. The van der Waals surface area contributed by atoms with Gasteiger partial charge in [-0.3, -0.25) is 9.59 Å². The molecule has 3 N–H and O–H groups in total. The molecule has 1 heterocycles. The zero-order chi connectivity index (χ0) is 23.4. The molecular formula is C22H21F2N5O3. The molecule has 3 rings (SSSR count). The van der Waals surface area contributed by atoms with Crippen molar-refractivity contribution in [3.63, 3.8) is 0 Å². The highest BCUT2D eigenvalue weighted by Gasteiger charge is 2.21. The zero-order valence-electron chi connectivity index (χ0n) is 17.6. The predicted octanol–water partition coefficient (Wildman–Crippen LogP) is 3.64. The van der Waals surface area contributed by atoms with Crippen molar-refractivity contribution >= 4 is 28.7 Å². The fourth-order valence-corrected chi connectivity index (χ4v) is 3.07. The van der Waals surface area contributed by atoms with Crippen LogP contribution in [0, 0.1) is 11.6 Å². The van der Waals surface area contributed by atoms with E-state index in [2.05, 4.69) is 27.6 Å². The molecule has 0 atom stereocenters. The van der Waals surface area contributed by atoms with Gasteiger partial charge in [0.2, 0.25) is 5.91 Å². The molecule has 166 valence electrons. The second-order valence-electron chi connectivity index (χ2n) is 6.64. The normalized spacial score (nSPS) is 10.4. The summed E-state index contributed by atoms with van der Waals surface area (Å²) >= 11 is 0. The van der Waals surface area contributed by atoms with E-state index >= 15 is 0 Å². The smallest absolute Gasteiger partial charge is 0.293 e. The summed E-state index contributed by atoms with van der Waals surface area (Å²) in [6, 6.07) is 7.88. The molecule has 0 radical (unpaired) electrons. The van der Waals surface area contributed by atoms with Crippen molar-refractivity contribution in [1.29, 1.82) is 0 Å². The number of nitrogens with zero attached hydrogens (tertiary/aromatic N) is 2. The number of nitrogens with one attached hydrogen (secondary N) is 3. The summed E-state index contributed by atoms with van der Waals surface area (Å²) < 4.78 is 34.2. The largest absolute Gasteiger partial charge is 0.492 e. The van der Waals surface area contributed by atoms with Crippen molar-refractivity contribution in [2.24, 2.45) is 7.05 Å². The Hall–Kier alpha value is -4.21. The predicted molar refractivity (Wildman–Crippen MR) is 119 cm³/mol. The third kappa shape index (κ3) is 4.43. The number of carbonyl (C=O) groups is 1. The number of rotatable bonds is 7. The number of methoxy groups -OCH3 is 1. The van der Waals surface area contributed by atoms with Gasteiger partial charge in [0.25, 0.3) is 5.56 Å². The van der Waals surface area contributed by atoms with Gasteiger partial charge in [-0.2, -0.15) is 5.10 Å². The van der Waals surface area contributed by atoms with Crippen LogP contribution in [0.15, 0.2) is 53.8 Å². The van der Waals surface area contributed by atoms with E-state index in [-0.39, 0.29) is 22.8 Å². The van der Waals surface area contributed by atoms with E-state index in [0.717, 1.165) is 22.9 Å². The number of halogens is 2. The summed E-state index contributed by atoms with van der Waals surface area (Å²) in [5.41, 5.74) is 1.19. The molecule has 0 unspecified atom stereocenters. The van der Waals surface area contributed by atoms with Gasteiger partial charge < -0.3 is 20.7 Å². The van der Waals surface area contributed by atoms with Gasteiger partial charge in [0, 0.05) is 37.1 Å². The van der Waals surface area contributed by atoms with Gasteiger partial charge in [-0.25, -0.2) is 13.5 Å². The molecule has 3 aromatic rings. The summed E-state index contributed by atoms with van der Waals surface area (Å²) in [6.45, 7) is 3.42. The highest BCUT2D eigenvalue weighted by Crippen LogP contribution is 2.39. The molecule has 32 heavy (non-hydrogen) atoms. The maximum atomic E-state index is 14.3. The van der Waals surface area contributed by atoms with Crippen LogP contribution < -0.4 is 26.2 Å². The minimum absolute atomic E-state index is 0.0214. The van der Waals surface area contributed by atoms with E-state index in [0.29, 0.717) is 16.9 Å².